The number of rotatable bonds is 5. The quantitative estimate of drug-likeness (QED) is 0.810. The molecule has 1 amide bonds. The Balaban J connectivity index is 0.00000240. The van der Waals surface area contributed by atoms with Gasteiger partial charge in [0.05, 0.1) is 0 Å². The summed E-state index contributed by atoms with van der Waals surface area (Å²) in [5.74, 6) is 1.15. The monoisotopic (exact) mass is 416 g/mol. The van der Waals surface area contributed by atoms with E-state index in [1.807, 2.05) is 31.2 Å². The van der Waals surface area contributed by atoms with Crippen LogP contribution in [0.1, 0.15) is 46.5 Å². The molecular weight excluding hydrogens is 388 g/mol. The average molecular weight is 417 g/mol. The molecule has 2 fully saturated rings. The summed E-state index contributed by atoms with van der Waals surface area (Å²) in [5.41, 5.74) is 7.88. The van der Waals surface area contributed by atoms with E-state index < -0.39 is 5.63 Å². The topological polar surface area (TPSA) is 76.5 Å². The molecular formula is C23H29ClN2O3. The standard InChI is InChI=1S/C23H28N2O3.ClH/c1-15-12-19(9-5-8-16-6-3-2-4-7-16)28-23(27)20(15)22(26)25-13-17-10-11-18(14-25)21(17)24;/h2-4,6-7,12,17-18,21H,5,8-11,13-14,24H2,1H3;1H/t17-,18+,21?;. The number of aryl methyl sites for hydroxylation is 3. The second kappa shape index (κ2) is 9.14. The van der Waals surface area contributed by atoms with E-state index in [1.165, 1.54) is 5.56 Å². The second-order valence-corrected chi connectivity index (χ2v) is 8.28. The summed E-state index contributed by atoms with van der Waals surface area (Å²) in [4.78, 5) is 27.4. The van der Waals surface area contributed by atoms with Gasteiger partial charge in [0.15, 0.2) is 0 Å². The normalized spacial score (nSPS) is 23.0. The van der Waals surface area contributed by atoms with Crippen LogP contribution in [0.5, 0.6) is 0 Å². The van der Waals surface area contributed by atoms with Crippen LogP contribution in [0.15, 0.2) is 45.6 Å². The van der Waals surface area contributed by atoms with Crippen LogP contribution in [0.3, 0.4) is 0 Å². The molecule has 1 saturated carbocycles. The molecule has 0 radical (unpaired) electrons. The van der Waals surface area contributed by atoms with Gasteiger partial charge in [0.2, 0.25) is 0 Å². The number of benzene rings is 1. The van der Waals surface area contributed by atoms with Gasteiger partial charge in [-0.05, 0) is 61.6 Å². The fourth-order valence-corrected chi connectivity index (χ4v) is 4.75. The van der Waals surface area contributed by atoms with Crippen LogP contribution < -0.4 is 11.4 Å². The number of fused-ring (bicyclic) bond motifs is 2. The maximum atomic E-state index is 13.0. The molecule has 3 atom stereocenters. The summed E-state index contributed by atoms with van der Waals surface area (Å²) in [6.45, 7) is 3.12. The third-order valence-electron chi connectivity index (χ3n) is 6.34. The zero-order valence-corrected chi connectivity index (χ0v) is 17.6. The fourth-order valence-electron chi connectivity index (χ4n) is 4.75. The first-order chi connectivity index (χ1) is 13.5. The lowest BCUT2D eigenvalue weighted by molar-refractivity contribution is 0.0631. The first-order valence-electron chi connectivity index (χ1n) is 10.3. The Morgan fingerprint density at radius 2 is 1.79 bits per heavy atom. The minimum absolute atomic E-state index is 0. The van der Waals surface area contributed by atoms with Crippen LogP contribution in [-0.4, -0.2) is 29.9 Å². The van der Waals surface area contributed by atoms with Crippen molar-refractivity contribution < 1.29 is 9.21 Å². The van der Waals surface area contributed by atoms with Crippen LogP contribution >= 0.6 is 12.4 Å². The van der Waals surface area contributed by atoms with Crippen molar-refractivity contribution in [2.75, 3.05) is 13.1 Å². The van der Waals surface area contributed by atoms with Crippen LogP contribution in [-0.2, 0) is 12.8 Å². The highest BCUT2D eigenvalue weighted by molar-refractivity contribution is 5.95. The molecule has 2 aromatic rings. The predicted octanol–water partition coefficient (Wildman–Crippen LogP) is 3.35. The number of carbonyl (C=O) groups excluding carboxylic acids is 1. The highest BCUT2D eigenvalue weighted by Gasteiger charge is 2.42. The lowest BCUT2D eigenvalue weighted by atomic mass is 9.92. The molecule has 1 aliphatic heterocycles. The zero-order valence-electron chi connectivity index (χ0n) is 16.8. The van der Waals surface area contributed by atoms with Gasteiger partial charge in [-0.15, -0.1) is 12.4 Å². The van der Waals surface area contributed by atoms with E-state index in [9.17, 15) is 9.59 Å². The summed E-state index contributed by atoms with van der Waals surface area (Å²) >= 11 is 0. The Hall–Kier alpha value is -2.11. The van der Waals surface area contributed by atoms with E-state index in [2.05, 4.69) is 12.1 Å². The van der Waals surface area contributed by atoms with Crippen molar-refractivity contribution in [2.24, 2.45) is 17.6 Å². The van der Waals surface area contributed by atoms with E-state index in [1.54, 1.807) is 4.90 Å². The van der Waals surface area contributed by atoms with Gasteiger partial charge in [0, 0.05) is 25.6 Å². The number of likely N-dealkylation sites (tertiary alicyclic amines) is 1. The van der Waals surface area contributed by atoms with Crippen molar-refractivity contribution in [1.29, 1.82) is 0 Å². The summed E-state index contributed by atoms with van der Waals surface area (Å²) in [6.07, 6.45) is 4.66. The molecule has 1 saturated heterocycles. The molecule has 6 heteroatoms. The molecule has 1 aromatic heterocycles. The fraction of sp³-hybridized carbons (Fsp3) is 0.478. The van der Waals surface area contributed by atoms with E-state index in [0.717, 1.165) is 25.7 Å². The first kappa shape index (κ1) is 21.6. The smallest absolute Gasteiger partial charge is 0.349 e. The minimum atomic E-state index is -0.512. The van der Waals surface area contributed by atoms with E-state index in [-0.39, 0.29) is 29.9 Å². The molecule has 0 spiro atoms. The lowest BCUT2D eigenvalue weighted by Gasteiger charge is -2.36. The Morgan fingerprint density at radius 1 is 1.14 bits per heavy atom. The van der Waals surface area contributed by atoms with Crippen LogP contribution in [0.4, 0.5) is 0 Å². The molecule has 2 aliphatic rings. The maximum absolute atomic E-state index is 13.0. The molecule has 5 nitrogen and oxygen atoms in total. The molecule has 4 rings (SSSR count). The highest BCUT2D eigenvalue weighted by atomic mass is 35.5. The number of nitrogens with zero attached hydrogens (tertiary/aromatic N) is 1. The van der Waals surface area contributed by atoms with Gasteiger partial charge in [0.1, 0.15) is 11.3 Å². The summed E-state index contributed by atoms with van der Waals surface area (Å²) in [7, 11) is 0. The Bertz CT molecular complexity index is 898. The molecule has 1 unspecified atom stereocenters. The van der Waals surface area contributed by atoms with Gasteiger partial charge >= 0.3 is 5.63 Å². The van der Waals surface area contributed by atoms with E-state index >= 15 is 0 Å². The van der Waals surface area contributed by atoms with Gasteiger partial charge in [-0.2, -0.15) is 0 Å². The minimum Gasteiger partial charge on any atom is -0.427 e. The maximum Gasteiger partial charge on any atom is 0.349 e. The zero-order chi connectivity index (χ0) is 19.7. The summed E-state index contributed by atoms with van der Waals surface area (Å²) in [5, 5.41) is 0. The van der Waals surface area contributed by atoms with Crippen molar-refractivity contribution in [3.63, 3.8) is 0 Å². The largest absolute Gasteiger partial charge is 0.427 e. The van der Waals surface area contributed by atoms with Gasteiger partial charge in [-0.1, -0.05) is 30.3 Å². The van der Waals surface area contributed by atoms with Crippen LogP contribution in [0.2, 0.25) is 0 Å². The number of piperidine rings is 1. The van der Waals surface area contributed by atoms with Crippen molar-refractivity contribution in [2.45, 2.75) is 45.1 Å². The predicted molar refractivity (Wildman–Crippen MR) is 116 cm³/mol. The van der Waals surface area contributed by atoms with Crippen LogP contribution in [0.25, 0.3) is 0 Å². The SMILES string of the molecule is Cc1cc(CCCc2ccccc2)oc(=O)c1C(=O)N1C[C@H]2CC[C@@H](C1)C2N.Cl. The molecule has 29 heavy (non-hydrogen) atoms. The summed E-state index contributed by atoms with van der Waals surface area (Å²) in [6, 6.07) is 12.3. The number of hydrogen-bond acceptors (Lipinski definition) is 4. The molecule has 2 N–H and O–H groups in total. The molecule has 2 bridgehead atoms. The third kappa shape index (κ3) is 4.57. The number of hydrogen-bond donors (Lipinski definition) is 1. The van der Waals surface area contributed by atoms with Gasteiger partial charge in [-0.25, -0.2) is 4.79 Å². The number of nitrogens with two attached hydrogens (primary N) is 1. The second-order valence-electron chi connectivity index (χ2n) is 8.28. The van der Waals surface area contributed by atoms with Crippen LogP contribution in [0, 0.1) is 18.8 Å². The van der Waals surface area contributed by atoms with Crippen molar-refractivity contribution in [1.82, 2.24) is 4.90 Å². The van der Waals surface area contributed by atoms with Gasteiger partial charge < -0.3 is 15.1 Å². The van der Waals surface area contributed by atoms with E-state index in [0.29, 0.717) is 42.7 Å². The number of halogens is 1. The van der Waals surface area contributed by atoms with Gasteiger partial charge in [-0.3, -0.25) is 4.79 Å². The Morgan fingerprint density at radius 3 is 2.41 bits per heavy atom. The highest BCUT2D eigenvalue weighted by Crippen LogP contribution is 2.36. The van der Waals surface area contributed by atoms with Crippen molar-refractivity contribution in [3.8, 4) is 0 Å². The lowest BCUT2D eigenvalue weighted by Crippen LogP contribution is -2.51. The molecule has 1 aromatic carbocycles. The Labute approximate surface area is 177 Å². The third-order valence-corrected chi connectivity index (χ3v) is 6.34. The Kier molecular flexibility index (Phi) is 6.81. The molecule has 2 heterocycles. The molecule has 156 valence electrons. The first-order valence-corrected chi connectivity index (χ1v) is 10.3. The van der Waals surface area contributed by atoms with Crippen molar-refractivity contribution >= 4 is 18.3 Å². The van der Waals surface area contributed by atoms with Gasteiger partial charge in [0.25, 0.3) is 5.91 Å². The number of carbonyl (C=O) groups is 1. The number of amides is 1. The van der Waals surface area contributed by atoms with E-state index in [4.69, 9.17) is 10.2 Å². The molecule has 1 aliphatic carbocycles. The average Bonchev–Trinajstić information content (AvgIpc) is 2.89. The summed E-state index contributed by atoms with van der Waals surface area (Å²) < 4.78 is 5.50. The van der Waals surface area contributed by atoms with Crippen molar-refractivity contribution in [3.05, 3.63) is 69.3 Å².